The van der Waals surface area contributed by atoms with Crippen molar-refractivity contribution in [1.29, 1.82) is 0 Å². The van der Waals surface area contributed by atoms with Gasteiger partial charge in [-0.3, -0.25) is 4.79 Å². The predicted octanol–water partition coefficient (Wildman–Crippen LogP) is 2.16. The molecule has 1 aromatic rings. The van der Waals surface area contributed by atoms with E-state index in [1.54, 1.807) is 23.1 Å². The van der Waals surface area contributed by atoms with Gasteiger partial charge in [0.15, 0.2) is 0 Å². The second kappa shape index (κ2) is 8.98. The molecule has 1 atom stereocenters. The molecule has 2 rings (SSSR count). The molecule has 6 nitrogen and oxygen atoms in total. The fourth-order valence-electron chi connectivity index (χ4n) is 3.11. The number of benzene rings is 1. The van der Waals surface area contributed by atoms with E-state index in [-0.39, 0.29) is 23.2 Å². The van der Waals surface area contributed by atoms with Crippen molar-refractivity contribution < 1.29 is 13.2 Å². The molecule has 8 heteroatoms. The van der Waals surface area contributed by atoms with Gasteiger partial charge in [-0.05, 0) is 36.6 Å². The van der Waals surface area contributed by atoms with Crippen molar-refractivity contribution in [3.05, 3.63) is 23.8 Å². The number of carbonyl (C=O) groups is 1. The van der Waals surface area contributed by atoms with Crippen LogP contribution in [0.5, 0.6) is 0 Å². The lowest BCUT2D eigenvalue weighted by Gasteiger charge is -2.22. The number of sulfonamides is 1. The number of rotatable bonds is 7. The number of halogens is 1. The first kappa shape index (κ1) is 21.9. The summed E-state index contributed by atoms with van der Waals surface area (Å²) in [4.78, 5) is 14.4. The van der Waals surface area contributed by atoms with E-state index in [1.807, 2.05) is 20.8 Å². The van der Waals surface area contributed by atoms with Gasteiger partial charge in [0.1, 0.15) is 0 Å². The molecule has 0 spiro atoms. The molecular weight excluding hydrogens is 362 g/mol. The summed E-state index contributed by atoms with van der Waals surface area (Å²) in [6.45, 7) is 7.07. The Labute approximate surface area is 156 Å². The minimum Gasteiger partial charge on any atom is -0.320 e. The van der Waals surface area contributed by atoms with Gasteiger partial charge in [0.25, 0.3) is 0 Å². The van der Waals surface area contributed by atoms with Gasteiger partial charge in [0.05, 0.1) is 10.9 Å². The zero-order valence-electron chi connectivity index (χ0n) is 15.1. The molecule has 1 aromatic carbocycles. The normalized spacial score (nSPS) is 15.0. The highest BCUT2D eigenvalue weighted by Gasteiger charge is 2.30. The SMILES string of the molecule is CCCC(N)C(=O)N1CCc2cc(S(=O)(=O)N(CC)CC)ccc21.Cl. The minimum absolute atomic E-state index is 0. The van der Waals surface area contributed by atoms with Crippen LogP contribution in [0, 0.1) is 0 Å². The van der Waals surface area contributed by atoms with Crippen molar-refractivity contribution in [3.63, 3.8) is 0 Å². The van der Waals surface area contributed by atoms with E-state index in [1.165, 1.54) is 4.31 Å². The molecule has 1 aliphatic rings. The van der Waals surface area contributed by atoms with Crippen molar-refractivity contribution >= 4 is 34.0 Å². The zero-order valence-corrected chi connectivity index (χ0v) is 16.7. The van der Waals surface area contributed by atoms with Gasteiger partial charge in [0, 0.05) is 25.3 Å². The molecule has 1 unspecified atom stereocenters. The fourth-order valence-corrected chi connectivity index (χ4v) is 4.62. The molecule has 25 heavy (non-hydrogen) atoms. The molecule has 0 saturated heterocycles. The van der Waals surface area contributed by atoms with Gasteiger partial charge in [0.2, 0.25) is 15.9 Å². The lowest BCUT2D eigenvalue weighted by Crippen LogP contribution is -2.43. The van der Waals surface area contributed by atoms with Crippen LogP contribution in [-0.2, 0) is 21.2 Å². The average Bonchev–Trinajstić information content (AvgIpc) is 2.98. The molecule has 0 fully saturated rings. The molecule has 0 aliphatic carbocycles. The van der Waals surface area contributed by atoms with Crippen LogP contribution < -0.4 is 10.6 Å². The Hall–Kier alpha value is -1.15. The highest BCUT2D eigenvalue weighted by atomic mass is 35.5. The first-order chi connectivity index (χ1) is 11.4. The van der Waals surface area contributed by atoms with Crippen LogP contribution in [0.25, 0.3) is 0 Å². The number of fused-ring (bicyclic) bond motifs is 1. The van der Waals surface area contributed by atoms with Crippen LogP contribution >= 0.6 is 12.4 Å². The summed E-state index contributed by atoms with van der Waals surface area (Å²) < 4.78 is 26.7. The Morgan fingerprint density at radius 1 is 1.28 bits per heavy atom. The lowest BCUT2D eigenvalue weighted by molar-refractivity contribution is -0.119. The maximum absolute atomic E-state index is 12.6. The quantitative estimate of drug-likeness (QED) is 0.774. The average molecular weight is 390 g/mol. The third-order valence-corrected chi connectivity index (χ3v) is 6.52. The first-order valence-electron chi connectivity index (χ1n) is 8.56. The van der Waals surface area contributed by atoms with Gasteiger partial charge >= 0.3 is 0 Å². The summed E-state index contributed by atoms with van der Waals surface area (Å²) in [6, 6.07) is 4.51. The monoisotopic (exact) mass is 389 g/mol. The van der Waals surface area contributed by atoms with Gasteiger partial charge in [-0.25, -0.2) is 8.42 Å². The van der Waals surface area contributed by atoms with Crippen LogP contribution in [0.3, 0.4) is 0 Å². The van der Waals surface area contributed by atoms with Crippen LogP contribution in [0.2, 0.25) is 0 Å². The van der Waals surface area contributed by atoms with E-state index in [4.69, 9.17) is 5.73 Å². The molecule has 0 bridgehead atoms. The summed E-state index contributed by atoms with van der Waals surface area (Å²) in [5.74, 6) is -0.0880. The Kier molecular flexibility index (Phi) is 7.87. The van der Waals surface area contributed by atoms with E-state index < -0.39 is 16.1 Å². The Morgan fingerprint density at radius 3 is 2.48 bits per heavy atom. The largest absolute Gasteiger partial charge is 0.320 e. The third kappa shape index (κ3) is 4.34. The van der Waals surface area contributed by atoms with Crippen LogP contribution in [0.15, 0.2) is 23.1 Å². The van der Waals surface area contributed by atoms with E-state index in [9.17, 15) is 13.2 Å². The van der Waals surface area contributed by atoms with Gasteiger partial charge < -0.3 is 10.6 Å². The van der Waals surface area contributed by atoms with E-state index in [0.717, 1.165) is 17.7 Å². The predicted molar refractivity (Wildman–Crippen MR) is 103 cm³/mol. The molecule has 1 heterocycles. The number of nitrogens with zero attached hydrogens (tertiary/aromatic N) is 2. The highest BCUT2D eigenvalue weighted by Crippen LogP contribution is 2.31. The molecule has 1 aliphatic heterocycles. The lowest BCUT2D eigenvalue weighted by atomic mass is 10.1. The number of hydrogen-bond donors (Lipinski definition) is 1. The van der Waals surface area contributed by atoms with Gasteiger partial charge in [-0.1, -0.05) is 27.2 Å². The number of amides is 1. The molecule has 0 saturated carbocycles. The number of nitrogens with two attached hydrogens (primary N) is 1. The summed E-state index contributed by atoms with van der Waals surface area (Å²) in [6.07, 6.45) is 2.16. The molecular formula is C17H28ClN3O3S. The molecule has 1 amide bonds. The topological polar surface area (TPSA) is 83.7 Å². The highest BCUT2D eigenvalue weighted by molar-refractivity contribution is 7.89. The maximum atomic E-state index is 12.6. The van der Waals surface area contributed by atoms with Crippen molar-refractivity contribution in [3.8, 4) is 0 Å². The molecule has 0 aromatic heterocycles. The first-order valence-corrected chi connectivity index (χ1v) is 10.0. The number of hydrogen-bond acceptors (Lipinski definition) is 4. The summed E-state index contributed by atoms with van der Waals surface area (Å²) in [7, 11) is -3.48. The van der Waals surface area contributed by atoms with Crippen molar-refractivity contribution in [2.24, 2.45) is 5.73 Å². The van der Waals surface area contributed by atoms with E-state index in [2.05, 4.69) is 0 Å². The number of anilines is 1. The third-order valence-electron chi connectivity index (χ3n) is 4.47. The van der Waals surface area contributed by atoms with E-state index >= 15 is 0 Å². The molecule has 2 N–H and O–H groups in total. The summed E-state index contributed by atoms with van der Waals surface area (Å²) >= 11 is 0. The fraction of sp³-hybridized carbons (Fsp3) is 0.588. The minimum atomic E-state index is -3.48. The maximum Gasteiger partial charge on any atom is 0.243 e. The van der Waals surface area contributed by atoms with Crippen LogP contribution in [0.1, 0.15) is 39.2 Å². The smallest absolute Gasteiger partial charge is 0.243 e. The Morgan fingerprint density at radius 2 is 1.92 bits per heavy atom. The van der Waals surface area contributed by atoms with Crippen molar-refractivity contribution in [1.82, 2.24) is 4.31 Å². The number of carbonyl (C=O) groups excluding carboxylic acids is 1. The summed E-state index contributed by atoms with van der Waals surface area (Å²) in [5.41, 5.74) is 7.62. The second-order valence-electron chi connectivity index (χ2n) is 6.01. The van der Waals surface area contributed by atoms with E-state index in [0.29, 0.717) is 32.5 Å². The van der Waals surface area contributed by atoms with Crippen molar-refractivity contribution in [2.45, 2.75) is 51.0 Å². The zero-order chi connectivity index (χ0) is 17.9. The Bertz CT molecular complexity index is 705. The van der Waals surface area contributed by atoms with Gasteiger partial charge in [-0.15, -0.1) is 12.4 Å². The van der Waals surface area contributed by atoms with Gasteiger partial charge in [-0.2, -0.15) is 4.31 Å². The summed E-state index contributed by atoms with van der Waals surface area (Å²) in [5, 5.41) is 0. The Balaban J connectivity index is 0.00000312. The second-order valence-corrected chi connectivity index (χ2v) is 7.95. The molecule has 0 radical (unpaired) electrons. The van der Waals surface area contributed by atoms with Crippen LogP contribution in [0.4, 0.5) is 5.69 Å². The van der Waals surface area contributed by atoms with Crippen LogP contribution in [-0.4, -0.2) is 44.3 Å². The standard InChI is InChI=1S/C17H27N3O3S.ClH/c1-4-7-15(18)17(21)20-11-10-13-12-14(8-9-16(13)20)24(22,23)19(5-2)6-3;/h8-9,12,15H,4-7,10-11,18H2,1-3H3;1H. The van der Waals surface area contributed by atoms with Crippen molar-refractivity contribution in [2.75, 3.05) is 24.5 Å². The molecule has 142 valence electrons.